The van der Waals surface area contributed by atoms with E-state index >= 15 is 0 Å². The van der Waals surface area contributed by atoms with E-state index in [2.05, 4.69) is 30.9 Å². The number of para-hydroxylation sites is 1. The molecule has 2 fully saturated rings. The molecule has 1 saturated heterocycles. The maximum Gasteiger partial charge on any atom is 0.229 e. The van der Waals surface area contributed by atoms with Crippen molar-refractivity contribution in [2.75, 3.05) is 35.6 Å². The number of hydrogen-bond acceptors (Lipinski definition) is 6. The molecule has 0 bridgehead atoms. The second-order valence-corrected chi connectivity index (χ2v) is 11.6. The number of aromatic amines is 1. The van der Waals surface area contributed by atoms with Gasteiger partial charge in [0.25, 0.3) is 0 Å². The summed E-state index contributed by atoms with van der Waals surface area (Å²) in [6.07, 6.45) is 8.20. The largest absolute Gasteiger partial charge is 0.493 e. The average molecular weight is 480 g/mol. The minimum atomic E-state index is -3.37. The maximum atomic E-state index is 11.8. The third kappa shape index (κ3) is 4.13. The van der Waals surface area contributed by atoms with Crippen LogP contribution in [0.2, 0.25) is 0 Å². The molecule has 1 spiro atoms. The molecular weight excluding hydrogens is 450 g/mol. The number of anilines is 2. The normalized spacial score (nSPS) is 18.9. The van der Waals surface area contributed by atoms with E-state index in [9.17, 15) is 8.42 Å². The van der Waals surface area contributed by atoms with Crippen LogP contribution in [0.4, 0.5) is 11.4 Å². The van der Waals surface area contributed by atoms with Crippen LogP contribution in [0.15, 0.2) is 36.4 Å². The van der Waals surface area contributed by atoms with Gasteiger partial charge in [-0.2, -0.15) is 0 Å². The quantitative estimate of drug-likeness (QED) is 0.568. The first-order valence-corrected chi connectivity index (χ1v) is 13.8. The smallest absolute Gasteiger partial charge is 0.229 e. The molecule has 178 valence electrons. The van der Waals surface area contributed by atoms with Crippen molar-refractivity contribution in [2.24, 2.45) is 5.41 Å². The monoisotopic (exact) mass is 479 g/mol. The lowest BCUT2D eigenvalue weighted by atomic mass is 9.93. The zero-order valence-corrected chi connectivity index (χ0v) is 20.1. The Morgan fingerprint density at radius 3 is 2.53 bits per heavy atom. The molecule has 0 unspecified atom stereocenters. The molecule has 3 aromatic rings. The molecule has 0 atom stereocenters. The number of aromatic nitrogens is 3. The fraction of sp³-hybridized carbons (Fsp3) is 0.440. The molecule has 1 saturated carbocycles. The SMILES string of the molecule is CS(=O)(=O)Nc1ccc(-c2nnc(-c3cccc4c3OCCC4)[nH]2)c(N2CCC3(CC2)CC3)c1. The minimum Gasteiger partial charge on any atom is -0.493 e. The van der Waals surface area contributed by atoms with Crippen LogP contribution < -0.4 is 14.4 Å². The van der Waals surface area contributed by atoms with Crippen LogP contribution in [0.3, 0.4) is 0 Å². The Balaban J connectivity index is 1.37. The lowest BCUT2D eigenvalue weighted by Gasteiger charge is -2.35. The number of hydrogen-bond donors (Lipinski definition) is 2. The number of benzene rings is 2. The Kier molecular flexibility index (Phi) is 5.05. The van der Waals surface area contributed by atoms with Gasteiger partial charge in [-0.3, -0.25) is 4.72 Å². The second-order valence-electron chi connectivity index (χ2n) is 9.86. The number of ether oxygens (including phenoxy) is 1. The van der Waals surface area contributed by atoms with Crippen LogP contribution in [0.25, 0.3) is 22.8 Å². The van der Waals surface area contributed by atoms with Crippen molar-refractivity contribution in [1.29, 1.82) is 0 Å². The summed E-state index contributed by atoms with van der Waals surface area (Å²) in [6.45, 7) is 2.62. The molecule has 1 aromatic heterocycles. The highest BCUT2D eigenvalue weighted by atomic mass is 32.2. The summed E-state index contributed by atoms with van der Waals surface area (Å²) in [5.74, 6) is 2.22. The van der Waals surface area contributed by atoms with Gasteiger partial charge in [0.1, 0.15) is 5.75 Å². The van der Waals surface area contributed by atoms with Crippen LogP contribution in [-0.4, -0.2) is 49.6 Å². The fourth-order valence-electron chi connectivity index (χ4n) is 5.25. The van der Waals surface area contributed by atoms with E-state index in [1.807, 2.05) is 24.3 Å². The minimum absolute atomic E-state index is 0.547. The zero-order chi connectivity index (χ0) is 23.3. The van der Waals surface area contributed by atoms with E-state index in [4.69, 9.17) is 4.74 Å². The highest BCUT2D eigenvalue weighted by molar-refractivity contribution is 7.92. The van der Waals surface area contributed by atoms with Crippen molar-refractivity contribution in [2.45, 2.75) is 38.5 Å². The van der Waals surface area contributed by atoms with Gasteiger partial charge in [0, 0.05) is 24.3 Å². The highest BCUT2D eigenvalue weighted by Gasteiger charge is 2.44. The summed E-state index contributed by atoms with van der Waals surface area (Å²) >= 11 is 0. The van der Waals surface area contributed by atoms with Gasteiger partial charge in [-0.05, 0) is 73.8 Å². The third-order valence-corrected chi connectivity index (χ3v) is 7.96. The Hall–Kier alpha value is -3.07. The molecule has 1 aliphatic carbocycles. The summed E-state index contributed by atoms with van der Waals surface area (Å²) in [5, 5.41) is 8.94. The first-order valence-electron chi connectivity index (χ1n) is 11.9. The molecule has 3 aliphatic rings. The van der Waals surface area contributed by atoms with Crippen molar-refractivity contribution in [3.05, 3.63) is 42.0 Å². The molecule has 0 radical (unpaired) electrons. The summed E-state index contributed by atoms with van der Waals surface area (Å²) in [4.78, 5) is 5.75. The number of nitrogens with one attached hydrogen (secondary N) is 2. The number of nitrogens with zero attached hydrogens (tertiary/aromatic N) is 3. The molecule has 8 nitrogen and oxygen atoms in total. The first kappa shape index (κ1) is 21.5. The van der Waals surface area contributed by atoms with Crippen molar-refractivity contribution in [1.82, 2.24) is 15.2 Å². The van der Waals surface area contributed by atoms with Crippen LogP contribution >= 0.6 is 0 Å². The molecule has 34 heavy (non-hydrogen) atoms. The molecule has 2 N–H and O–H groups in total. The topological polar surface area (TPSA) is 100 Å². The van der Waals surface area contributed by atoms with Gasteiger partial charge < -0.3 is 14.6 Å². The zero-order valence-electron chi connectivity index (χ0n) is 19.3. The van der Waals surface area contributed by atoms with Crippen molar-refractivity contribution < 1.29 is 13.2 Å². The summed E-state index contributed by atoms with van der Waals surface area (Å²) in [7, 11) is -3.37. The van der Waals surface area contributed by atoms with Gasteiger partial charge in [0.15, 0.2) is 11.6 Å². The molecule has 6 rings (SSSR count). The first-order chi connectivity index (χ1) is 16.4. The highest BCUT2D eigenvalue weighted by Crippen LogP contribution is 2.54. The van der Waals surface area contributed by atoms with Crippen molar-refractivity contribution in [3.63, 3.8) is 0 Å². The Bertz CT molecular complexity index is 1340. The lowest BCUT2D eigenvalue weighted by Crippen LogP contribution is -2.34. The molecule has 3 heterocycles. The van der Waals surface area contributed by atoms with Gasteiger partial charge in [-0.15, -0.1) is 10.2 Å². The average Bonchev–Trinajstić information content (AvgIpc) is 3.39. The predicted octanol–water partition coefficient (Wildman–Crippen LogP) is 4.22. The number of H-pyrrole nitrogens is 1. The van der Waals surface area contributed by atoms with Gasteiger partial charge in [-0.25, -0.2) is 8.42 Å². The fourth-order valence-corrected chi connectivity index (χ4v) is 5.80. The van der Waals surface area contributed by atoms with E-state index in [0.717, 1.165) is 48.5 Å². The van der Waals surface area contributed by atoms with Crippen LogP contribution in [0.5, 0.6) is 5.75 Å². The van der Waals surface area contributed by atoms with Crippen molar-refractivity contribution >= 4 is 21.4 Å². The van der Waals surface area contributed by atoms with Gasteiger partial charge >= 0.3 is 0 Å². The number of aryl methyl sites for hydroxylation is 1. The van der Waals surface area contributed by atoms with E-state index in [1.54, 1.807) is 6.07 Å². The molecular formula is C25H29N5O3S. The Labute approximate surface area is 199 Å². The van der Waals surface area contributed by atoms with Crippen molar-refractivity contribution in [3.8, 4) is 28.5 Å². The summed E-state index contributed by atoms with van der Waals surface area (Å²) in [5.41, 5.74) is 5.10. The van der Waals surface area contributed by atoms with Gasteiger partial charge in [0.2, 0.25) is 10.0 Å². The van der Waals surface area contributed by atoms with Crippen LogP contribution in [0.1, 0.15) is 37.7 Å². The maximum absolute atomic E-state index is 11.8. The predicted molar refractivity (Wildman–Crippen MR) is 133 cm³/mol. The number of rotatable bonds is 5. The summed E-state index contributed by atoms with van der Waals surface area (Å²) in [6, 6.07) is 11.8. The molecule has 2 aliphatic heterocycles. The molecule has 9 heteroatoms. The number of sulfonamides is 1. The standard InChI is InChI=1S/C25H29N5O3S/c1-34(31,32)29-18-7-8-19(21(16-18)30-13-11-25(9-10-25)12-14-30)23-26-24(28-27-23)20-6-2-4-17-5-3-15-33-22(17)20/h2,4,6-8,16,29H,3,5,9-15H2,1H3,(H,26,27,28). The molecule has 2 aromatic carbocycles. The van der Waals surface area contributed by atoms with Gasteiger partial charge in [-0.1, -0.05) is 12.1 Å². The van der Waals surface area contributed by atoms with E-state index in [1.165, 1.54) is 37.5 Å². The Morgan fingerprint density at radius 1 is 1.03 bits per heavy atom. The van der Waals surface area contributed by atoms with Crippen LogP contribution in [0, 0.1) is 5.41 Å². The van der Waals surface area contributed by atoms with E-state index in [-0.39, 0.29) is 0 Å². The Morgan fingerprint density at radius 2 is 1.79 bits per heavy atom. The second kappa shape index (κ2) is 8.01. The lowest BCUT2D eigenvalue weighted by molar-refractivity contribution is 0.289. The third-order valence-electron chi connectivity index (χ3n) is 7.35. The summed E-state index contributed by atoms with van der Waals surface area (Å²) < 4.78 is 32.3. The number of fused-ring (bicyclic) bond motifs is 1. The van der Waals surface area contributed by atoms with E-state index in [0.29, 0.717) is 29.4 Å². The van der Waals surface area contributed by atoms with E-state index < -0.39 is 10.0 Å². The van der Waals surface area contributed by atoms with Crippen LogP contribution in [-0.2, 0) is 16.4 Å². The molecule has 0 amide bonds. The number of piperidine rings is 1. The van der Waals surface area contributed by atoms with Gasteiger partial charge in [0.05, 0.1) is 24.1 Å².